The molecule has 8 aromatic carbocycles. The molecule has 0 aliphatic rings. The van der Waals surface area contributed by atoms with E-state index in [1.54, 1.807) is 0 Å². The van der Waals surface area contributed by atoms with Gasteiger partial charge in [-0.3, -0.25) is 9.55 Å². The molecule has 0 atom stereocenters. The van der Waals surface area contributed by atoms with Crippen molar-refractivity contribution in [3.63, 3.8) is 0 Å². The van der Waals surface area contributed by atoms with E-state index in [9.17, 15) is 10.4 Å². The smallest absolute Gasteiger partial charge is 0.148 e. The molecule has 11 rings (SSSR count). The number of rotatable bonds is 7. The van der Waals surface area contributed by atoms with Crippen LogP contribution in [0, 0.1) is 17.4 Å². The van der Waals surface area contributed by atoms with Crippen molar-refractivity contribution in [1.29, 1.82) is 5.26 Å². The van der Waals surface area contributed by atoms with Gasteiger partial charge in [-0.15, -0.1) is 17.7 Å². The zero-order valence-corrected chi connectivity index (χ0v) is 42.1. The Bertz CT molecular complexity index is 3820. The van der Waals surface area contributed by atoms with Crippen LogP contribution >= 0.6 is 0 Å². The number of furan rings is 1. The Balaban J connectivity index is 0.00000567. The van der Waals surface area contributed by atoms with Crippen LogP contribution in [0.4, 0.5) is 0 Å². The first-order valence-electron chi connectivity index (χ1n) is 23.4. The minimum atomic E-state index is -0.364. The standard InChI is InChI=1S/C63H49N4O2.Pt/c1-62(2,3)44-36-51(58(68)53(37-44)63(4,5)6)61-66-57-47(26-18-28-56(57)67(61)55-27-17-16-25-46(55)41-23-14-9-15-24-41)43-33-49-48-30-29-45(40-21-12-8-13-22-40)52(38-64)59(48)69-60(49)50(34-43)54-35-42(31-32-65-54)39-19-10-7-11-20-39;/h7-33,35-37,68H,1-6H3;/q-1;. The monoisotopic (exact) mass is 1090 g/mol. The summed E-state index contributed by atoms with van der Waals surface area (Å²) in [6.07, 6.45) is 1.82. The molecule has 0 saturated heterocycles. The molecule has 0 bridgehead atoms. The van der Waals surface area contributed by atoms with Gasteiger partial charge in [0, 0.05) is 55.0 Å². The second kappa shape index (κ2) is 17.9. The van der Waals surface area contributed by atoms with Crippen LogP contribution in [0.25, 0.3) is 106 Å². The van der Waals surface area contributed by atoms with Crippen molar-refractivity contribution >= 4 is 33.0 Å². The van der Waals surface area contributed by atoms with Gasteiger partial charge < -0.3 is 9.52 Å². The van der Waals surface area contributed by atoms with Crippen LogP contribution in [0.2, 0.25) is 0 Å². The Morgan fingerprint density at radius 2 is 1.23 bits per heavy atom. The fraction of sp³-hybridized carbons (Fsp3) is 0.127. The van der Waals surface area contributed by atoms with E-state index in [1.165, 1.54) is 0 Å². The largest absolute Gasteiger partial charge is 0.507 e. The summed E-state index contributed by atoms with van der Waals surface area (Å²) in [7, 11) is 0. The zero-order valence-electron chi connectivity index (χ0n) is 39.8. The van der Waals surface area contributed by atoms with Crippen molar-refractivity contribution < 1.29 is 30.6 Å². The molecule has 70 heavy (non-hydrogen) atoms. The van der Waals surface area contributed by atoms with E-state index >= 15 is 0 Å². The summed E-state index contributed by atoms with van der Waals surface area (Å²) in [6.45, 7) is 13.0. The molecule has 0 saturated carbocycles. The number of hydrogen-bond donors (Lipinski definition) is 1. The van der Waals surface area contributed by atoms with E-state index in [2.05, 4.69) is 167 Å². The molecule has 0 unspecified atom stereocenters. The molecule has 3 heterocycles. The van der Waals surface area contributed by atoms with E-state index in [1.807, 2.05) is 72.9 Å². The van der Waals surface area contributed by atoms with Gasteiger partial charge in [-0.05, 0) is 68.3 Å². The predicted molar refractivity (Wildman–Crippen MR) is 281 cm³/mol. The number of nitriles is 1. The normalized spacial score (nSPS) is 11.8. The number of phenolic OH excluding ortho intramolecular Hbond substituents is 1. The second-order valence-corrected chi connectivity index (χ2v) is 19.8. The van der Waals surface area contributed by atoms with Crippen molar-refractivity contribution in [1.82, 2.24) is 14.5 Å². The minimum absolute atomic E-state index is 0. The van der Waals surface area contributed by atoms with Crippen LogP contribution in [-0.4, -0.2) is 19.6 Å². The Labute approximate surface area is 422 Å². The van der Waals surface area contributed by atoms with E-state index in [-0.39, 0.29) is 37.6 Å². The quantitative estimate of drug-likeness (QED) is 0.161. The maximum atomic E-state index is 12.5. The Kier molecular flexibility index (Phi) is 11.7. The van der Waals surface area contributed by atoms with Crippen molar-refractivity contribution in [2.45, 2.75) is 52.4 Å². The molecule has 0 aliphatic heterocycles. The number of hydrogen-bond acceptors (Lipinski definition) is 5. The number of fused-ring (bicyclic) bond motifs is 4. The fourth-order valence-electron chi connectivity index (χ4n) is 9.63. The van der Waals surface area contributed by atoms with Crippen molar-refractivity contribution in [3.8, 4) is 84.7 Å². The fourth-order valence-corrected chi connectivity index (χ4v) is 9.63. The van der Waals surface area contributed by atoms with E-state index < -0.39 is 0 Å². The first kappa shape index (κ1) is 45.9. The van der Waals surface area contributed by atoms with Crippen LogP contribution in [0.3, 0.4) is 0 Å². The molecule has 0 aliphatic carbocycles. The Hall–Kier alpha value is -7.84. The molecule has 0 fully saturated rings. The summed E-state index contributed by atoms with van der Waals surface area (Å²) in [5.74, 6) is 0.827. The molecule has 0 spiro atoms. The van der Waals surface area contributed by atoms with Gasteiger partial charge in [0.1, 0.15) is 28.8 Å². The van der Waals surface area contributed by atoms with Gasteiger partial charge in [-0.1, -0.05) is 198 Å². The Morgan fingerprint density at radius 1 is 0.586 bits per heavy atom. The van der Waals surface area contributed by atoms with Crippen molar-refractivity contribution in [2.24, 2.45) is 0 Å². The minimum Gasteiger partial charge on any atom is -0.507 e. The SMILES string of the molecule is CC(C)(C)c1cc(-c2nc3c(-c4[c-]c(-c5cc(-c6ccccc6)ccn5)c5oc6c(C#N)c(-c7ccccc7)ccc6c5c4)cccc3n2-c2ccccc2-c2ccccc2)c(O)c(C(C)(C)C)c1.[Pt]. The second-order valence-electron chi connectivity index (χ2n) is 19.8. The summed E-state index contributed by atoms with van der Waals surface area (Å²) < 4.78 is 9.09. The summed E-state index contributed by atoms with van der Waals surface area (Å²) in [4.78, 5) is 10.6. The van der Waals surface area contributed by atoms with Gasteiger partial charge in [0.2, 0.25) is 0 Å². The van der Waals surface area contributed by atoms with Crippen LogP contribution in [0.1, 0.15) is 58.2 Å². The number of pyridine rings is 1. The van der Waals surface area contributed by atoms with Crippen LogP contribution in [0.5, 0.6) is 5.75 Å². The average molecular weight is 1090 g/mol. The van der Waals surface area contributed by atoms with Gasteiger partial charge in [0.15, 0.2) is 0 Å². The number of nitrogens with zero attached hydrogens (tertiary/aromatic N) is 4. The van der Waals surface area contributed by atoms with Gasteiger partial charge in [0.25, 0.3) is 0 Å². The first-order chi connectivity index (χ1) is 33.4. The first-order valence-corrected chi connectivity index (χ1v) is 23.4. The summed E-state index contributed by atoms with van der Waals surface area (Å²) in [5.41, 5.74) is 14.9. The predicted octanol–water partition coefficient (Wildman–Crippen LogP) is 16.3. The molecule has 6 nitrogen and oxygen atoms in total. The molecule has 11 aromatic rings. The van der Waals surface area contributed by atoms with Crippen molar-refractivity contribution in [3.05, 3.63) is 205 Å². The molecule has 3 aromatic heterocycles. The van der Waals surface area contributed by atoms with Crippen LogP contribution in [-0.2, 0) is 31.9 Å². The molecule has 1 N–H and O–H groups in total. The molecule has 344 valence electrons. The molecular weight excluding hydrogens is 1040 g/mol. The van der Waals surface area contributed by atoms with Gasteiger partial charge in [-0.2, -0.15) is 5.26 Å². The number of phenols is 1. The molecule has 0 amide bonds. The van der Waals surface area contributed by atoms with Crippen molar-refractivity contribution in [2.75, 3.05) is 0 Å². The number of benzene rings is 8. The number of imidazole rings is 1. The molecular formula is C63H49N4O2Pt-. The van der Waals surface area contributed by atoms with Gasteiger partial charge >= 0.3 is 0 Å². The summed E-state index contributed by atoms with van der Waals surface area (Å²) in [6, 6.07) is 66.1. The molecule has 7 heteroatoms. The topological polar surface area (TPSA) is 87.9 Å². The van der Waals surface area contributed by atoms with E-state index in [0.717, 1.165) is 83.1 Å². The molecule has 0 radical (unpaired) electrons. The average Bonchev–Trinajstić information content (AvgIpc) is 3.95. The number of aromatic hydroxyl groups is 1. The van der Waals surface area contributed by atoms with Gasteiger partial charge in [0.05, 0.1) is 27.9 Å². The van der Waals surface area contributed by atoms with Gasteiger partial charge in [-0.25, -0.2) is 4.98 Å². The van der Waals surface area contributed by atoms with Crippen LogP contribution in [0.15, 0.2) is 187 Å². The maximum absolute atomic E-state index is 12.5. The third-order valence-electron chi connectivity index (χ3n) is 13.2. The Morgan fingerprint density at radius 3 is 1.90 bits per heavy atom. The third kappa shape index (κ3) is 8.01. The summed E-state index contributed by atoms with van der Waals surface area (Å²) in [5, 5.41) is 25.0. The summed E-state index contributed by atoms with van der Waals surface area (Å²) >= 11 is 0. The maximum Gasteiger partial charge on any atom is 0.148 e. The van der Waals surface area contributed by atoms with E-state index in [0.29, 0.717) is 39.4 Å². The third-order valence-corrected chi connectivity index (χ3v) is 13.2. The number of aromatic nitrogens is 3. The van der Waals surface area contributed by atoms with Crippen LogP contribution < -0.4 is 0 Å². The number of para-hydroxylation sites is 2. The zero-order chi connectivity index (χ0) is 47.6. The van der Waals surface area contributed by atoms with E-state index in [4.69, 9.17) is 14.4 Å².